The third-order valence-electron chi connectivity index (χ3n) is 8.62. The predicted molar refractivity (Wildman–Crippen MR) is 155 cm³/mol. The summed E-state index contributed by atoms with van der Waals surface area (Å²) in [5, 5.41) is 9.20. The SMILES string of the molecule is C[C@H]1[C@@H](c2cc(C(F)(F)F)cc(C(F)(F)F)c2)OC(=O)N1CC1=C(c2ccc(F)c(-c3ccc(C(=O)O)cc3)c2)CCC(C)(C)C1. The molecule has 1 aliphatic carbocycles. The highest BCUT2D eigenvalue weighted by molar-refractivity contribution is 5.88. The fourth-order valence-electron chi connectivity index (χ4n) is 6.15. The van der Waals surface area contributed by atoms with Crippen molar-refractivity contribution in [3.63, 3.8) is 0 Å². The third kappa shape index (κ3) is 6.75. The number of halogens is 7. The van der Waals surface area contributed by atoms with E-state index in [4.69, 9.17) is 4.74 Å². The summed E-state index contributed by atoms with van der Waals surface area (Å²) in [6, 6.07) is 10.6. The van der Waals surface area contributed by atoms with Gasteiger partial charge in [0, 0.05) is 12.1 Å². The number of ether oxygens (including phenoxy) is 1. The monoisotopic (exact) mass is 649 g/mol. The number of hydrogen-bond donors (Lipinski definition) is 1. The largest absolute Gasteiger partial charge is 0.478 e. The number of cyclic esters (lactones) is 1. The Kier molecular flexibility index (Phi) is 8.46. The van der Waals surface area contributed by atoms with Crippen LogP contribution in [0.1, 0.15) is 78.7 Å². The van der Waals surface area contributed by atoms with E-state index in [0.29, 0.717) is 36.1 Å². The molecule has 0 radical (unpaired) electrons. The normalized spacial score (nSPS) is 20.2. The molecular weight excluding hydrogens is 619 g/mol. The zero-order valence-electron chi connectivity index (χ0n) is 25.0. The molecule has 46 heavy (non-hydrogen) atoms. The highest BCUT2D eigenvalue weighted by Crippen LogP contribution is 2.45. The van der Waals surface area contributed by atoms with Crippen LogP contribution < -0.4 is 0 Å². The highest BCUT2D eigenvalue weighted by atomic mass is 19.4. The lowest BCUT2D eigenvalue weighted by molar-refractivity contribution is -0.143. The Bertz CT molecular complexity index is 1680. The zero-order chi connectivity index (χ0) is 33.8. The summed E-state index contributed by atoms with van der Waals surface area (Å²) in [6.45, 7) is 5.59. The minimum atomic E-state index is -5.05. The Morgan fingerprint density at radius 3 is 2.09 bits per heavy atom. The van der Waals surface area contributed by atoms with Crippen LogP contribution in [0.25, 0.3) is 16.7 Å². The summed E-state index contributed by atoms with van der Waals surface area (Å²) in [5.41, 5.74) is -0.538. The second-order valence-electron chi connectivity index (χ2n) is 12.5. The van der Waals surface area contributed by atoms with E-state index >= 15 is 0 Å². The molecule has 0 unspecified atom stereocenters. The molecule has 1 N–H and O–H groups in total. The molecule has 1 amide bonds. The van der Waals surface area contributed by atoms with Gasteiger partial charge in [0.15, 0.2) is 0 Å². The quantitative estimate of drug-likeness (QED) is 0.270. The van der Waals surface area contributed by atoms with Crippen molar-refractivity contribution in [2.24, 2.45) is 5.41 Å². The van der Waals surface area contributed by atoms with E-state index in [0.717, 1.165) is 17.6 Å². The average molecular weight is 650 g/mol. The number of hydrogen-bond acceptors (Lipinski definition) is 3. The molecule has 2 aliphatic rings. The topological polar surface area (TPSA) is 66.8 Å². The first-order valence-electron chi connectivity index (χ1n) is 14.5. The number of carboxylic acids is 1. The first-order valence-corrected chi connectivity index (χ1v) is 14.5. The molecule has 1 heterocycles. The molecule has 2 atom stereocenters. The maximum Gasteiger partial charge on any atom is 0.416 e. The smallest absolute Gasteiger partial charge is 0.416 e. The maximum absolute atomic E-state index is 15.0. The van der Waals surface area contributed by atoms with Gasteiger partial charge < -0.3 is 9.84 Å². The van der Waals surface area contributed by atoms with Crippen molar-refractivity contribution in [2.75, 3.05) is 6.54 Å². The Labute approximate surface area is 260 Å². The molecule has 1 fully saturated rings. The summed E-state index contributed by atoms with van der Waals surface area (Å²) in [4.78, 5) is 25.7. The number of carbonyl (C=O) groups excluding carboxylic acids is 1. The Balaban J connectivity index is 1.51. The molecule has 12 heteroatoms. The van der Waals surface area contributed by atoms with E-state index in [2.05, 4.69) is 0 Å². The molecule has 5 nitrogen and oxygen atoms in total. The first kappa shape index (κ1) is 33.0. The average Bonchev–Trinajstić information content (AvgIpc) is 3.24. The van der Waals surface area contributed by atoms with Crippen LogP contribution in [0, 0.1) is 11.2 Å². The fraction of sp³-hybridized carbons (Fsp3) is 0.353. The minimum Gasteiger partial charge on any atom is -0.478 e. The van der Waals surface area contributed by atoms with Crippen LogP contribution >= 0.6 is 0 Å². The standard InChI is InChI=1S/C34H30F7NO4/c1-18-29(22-12-24(33(36,37)38)15-25(13-22)34(39,40)41)46-31(45)42(18)17-23-16-32(2,3)11-10-26(23)21-8-9-28(35)27(14-21)19-4-6-20(7-5-19)30(43)44/h4-9,12-15,18,29H,10-11,16-17H2,1-3H3,(H,43,44)/t18-,29-/m0/s1. The van der Waals surface area contributed by atoms with Gasteiger partial charge in [0.25, 0.3) is 0 Å². The van der Waals surface area contributed by atoms with Gasteiger partial charge in [-0.05, 0) is 102 Å². The van der Waals surface area contributed by atoms with E-state index in [-0.39, 0.29) is 29.2 Å². The molecule has 5 rings (SSSR count). The Morgan fingerprint density at radius 1 is 0.935 bits per heavy atom. The molecule has 0 bridgehead atoms. The number of carbonyl (C=O) groups is 2. The van der Waals surface area contributed by atoms with Gasteiger partial charge in [-0.15, -0.1) is 0 Å². The van der Waals surface area contributed by atoms with Crippen LogP contribution in [0.5, 0.6) is 0 Å². The van der Waals surface area contributed by atoms with Gasteiger partial charge in [0.2, 0.25) is 0 Å². The van der Waals surface area contributed by atoms with Gasteiger partial charge in [-0.3, -0.25) is 4.90 Å². The van der Waals surface area contributed by atoms with Gasteiger partial charge >= 0.3 is 24.4 Å². The van der Waals surface area contributed by atoms with Crippen LogP contribution in [0.15, 0.2) is 66.2 Å². The van der Waals surface area contributed by atoms with Crippen molar-refractivity contribution in [1.29, 1.82) is 0 Å². The van der Waals surface area contributed by atoms with Crippen LogP contribution in [0.3, 0.4) is 0 Å². The van der Waals surface area contributed by atoms with Crippen molar-refractivity contribution < 1.29 is 50.2 Å². The van der Waals surface area contributed by atoms with Crippen LogP contribution in [0.2, 0.25) is 0 Å². The third-order valence-corrected chi connectivity index (χ3v) is 8.62. The minimum absolute atomic E-state index is 0.000368. The molecule has 0 spiro atoms. The van der Waals surface area contributed by atoms with E-state index in [1.165, 1.54) is 42.2 Å². The molecular formula is C34H30F7NO4. The van der Waals surface area contributed by atoms with Crippen LogP contribution in [0.4, 0.5) is 35.5 Å². The lowest BCUT2D eigenvalue weighted by Crippen LogP contribution is -2.35. The summed E-state index contributed by atoms with van der Waals surface area (Å²) < 4.78 is 102. The number of benzene rings is 3. The zero-order valence-corrected chi connectivity index (χ0v) is 25.0. The van der Waals surface area contributed by atoms with E-state index in [9.17, 15) is 45.4 Å². The molecule has 3 aromatic carbocycles. The molecule has 1 saturated heterocycles. The van der Waals surface area contributed by atoms with Crippen LogP contribution in [-0.2, 0) is 17.1 Å². The fourth-order valence-corrected chi connectivity index (χ4v) is 6.15. The van der Waals surface area contributed by atoms with Crippen molar-refractivity contribution in [1.82, 2.24) is 4.90 Å². The summed E-state index contributed by atoms with van der Waals surface area (Å²) in [7, 11) is 0. The van der Waals surface area contributed by atoms with Gasteiger partial charge in [-0.1, -0.05) is 32.0 Å². The second kappa shape index (κ2) is 11.8. The number of carboxylic acid groups (broad SMARTS) is 1. The molecule has 0 aromatic heterocycles. The van der Waals surface area contributed by atoms with E-state index in [1.54, 1.807) is 12.1 Å². The number of allylic oxidation sites excluding steroid dienone is 1. The molecule has 244 valence electrons. The lowest BCUT2D eigenvalue weighted by atomic mass is 9.72. The number of aromatic carboxylic acids is 1. The van der Waals surface area contributed by atoms with Gasteiger partial charge in [0.1, 0.15) is 11.9 Å². The lowest BCUT2D eigenvalue weighted by Gasteiger charge is -2.35. The number of nitrogens with zero attached hydrogens (tertiary/aromatic N) is 1. The molecule has 3 aromatic rings. The van der Waals surface area contributed by atoms with Crippen LogP contribution in [-0.4, -0.2) is 34.7 Å². The van der Waals surface area contributed by atoms with Gasteiger partial charge in [0.05, 0.1) is 22.7 Å². The predicted octanol–water partition coefficient (Wildman–Crippen LogP) is 9.77. The maximum atomic E-state index is 15.0. The number of alkyl halides is 6. The number of rotatable bonds is 6. The highest BCUT2D eigenvalue weighted by Gasteiger charge is 2.44. The summed E-state index contributed by atoms with van der Waals surface area (Å²) in [5.74, 6) is -1.64. The van der Waals surface area contributed by atoms with E-state index in [1.807, 2.05) is 13.8 Å². The van der Waals surface area contributed by atoms with Crippen molar-refractivity contribution >= 4 is 17.6 Å². The van der Waals surface area contributed by atoms with Crippen molar-refractivity contribution in [2.45, 2.75) is 64.5 Å². The number of amides is 1. The van der Waals surface area contributed by atoms with E-state index < -0.39 is 59.1 Å². The Morgan fingerprint density at radius 2 is 1.52 bits per heavy atom. The second-order valence-corrected chi connectivity index (χ2v) is 12.5. The first-order chi connectivity index (χ1) is 21.3. The molecule has 1 aliphatic heterocycles. The summed E-state index contributed by atoms with van der Waals surface area (Å²) in [6.07, 6.45) is -10.5. The Hall–Kier alpha value is -4.35. The van der Waals surface area contributed by atoms with Gasteiger partial charge in [-0.25, -0.2) is 14.0 Å². The van der Waals surface area contributed by atoms with Crippen molar-refractivity contribution in [3.05, 3.63) is 99.9 Å². The van der Waals surface area contributed by atoms with Crippen molar-refractivity contribution in [3.8, 4) is 11.1 Å². The molecule has 0 saturated carbocycles. The summed E-state index contributed by atoms with van der Waals surface area (Å²) >= 11 is 0. The van der Waals surface area contributed by atoms with Gasteiger partial charge in [-0.2, -0.15) is 26.3 Å².